The van der Waals surface area contributed by atoms with Crippen molar-refractivity contribution in [3.05, 3.63) is 71.9 Å². The molecule has 0 atom stereocenters. The van der Waals surface area contributed by atoms with E-state index in [4.69, 9.17) is 4.42 Å². The van der Waals surface area contributed by atoms with Crippen LogP contribution in [-0.2, 0) is 13.1 Å². The molecule has 0 radical (unpaired) electrons. The Morgan fingerprint density at radius 1 is 1.03 bits per heavy atom. The molecule has 0 aliphatic rings. The molecule has 2 aromatic heterocycles. The van der Waals surface area contributed by atoms with E-state index >= 15 is 0 Å². The molecular weight excluding hydrogens is 388 g/mol. The van der Waals surface area contributed by atoms with Gasteiger partial charge in [0.05, 0.1) is 23.3 Å². The molecule has 7 heteroatoms. The molecule has 0 saturated carbocycles. The van der Waals surface area contributed by atoms with Gasteiger partial charge in [-0.25, -0.2) is 9.97 Å². The Morgan fingerprint density at radius 2 is 1.84 bits per heavy atom. The third kappa shape index (κ3) is 4.94. The van der Waals surface area contributed by atoms with Gasteiger partial charge in [-0.3, -0.25) is 4.99 Å². The number of guanidine groups is 1. The summed E-state index contributed by atoms with van der Waals surface area (Å²) in [5.74, 6) is 2.41. The Balaban J connectivity index is 1.26. The number of aryl methyl sites for hydroxylation is 3. The Kier molecular flexibility index (Phi) is 6.31. The topological polar surface area (TPSA) is 80.3 Å². The lowest BCUT2D eigenvalue weighted by Gasteiger charge is -2.12. The monoisotopic (exact) mass is 416 g/mol. The number of benzene rings is 2. The largest absolute Gasteiger partial charge is 0.444 e. The summed E-state index contributed by atoms with van der Waals surface area (Å²) in [6.07, 6.45) is 2.64. The van der Waals surface area contributed by atoms with Gasteiger partial charge in [0.15, 0.2) is 5.96 Å². The van der Waals surface area contributed by atoms with E-state index in [2.05, 4.69) is 74.3 Å². The number of aromatic nitrogens is 3. The van der Waals surface area contributed by atoms with Gasteiger partial charge in [-0.1, -0.05) is 29.8 Å². The van der Waals surface area contributed by atoms with Gasteiger partial charge in [0, 0.05) is 25.7 Å². The van der Waals surface area contributed by atoms with E-state index in [9.17, 15) is 0 Å². The number of imidazole rings is 1. The van der Waals surface area contributed by atoms with Crippen LogP contribution in [0.2, 0.25) is 0 Å². The summed E-state index contributed by atoms with van der Waals surface area (Å²) in [6, 6.07) is 16.4. The molecule has 0 amide bonds. The van der Waals surface area contributed by atoms with Gasteiger partial charge in [0.2, 0.25) is 5.89 Å². The van der Waals surface area contributed by atoms with Crippen molar-refractivity contribution < 1.29 is 4.42 Å². The Labute approximate surface area is 182 Å². The predicted octanol–water partition coefficient (Wildman–Crippen LogP) is 4.06. The van der Waals surface area contributed by atoms with Gasteiger partial charge in [-0.15, -0.1) is 0 Å². The number of nitrogens with one attached hydrogen (secondary N) is 2. The number of rotatable bonds is 7. The Morgan fingerprint density at radius 3 is 2.65 bits per heavy atom. The molecular formula is C24H28N6O. The second kappa shape index (κ2) is 9.47. The Hall–Kier alpha value is -3.61. The highest BCUT2D eigenvalue weighted by Crippen LogP contribution is 2.19. The number of oxazole rings is 1. The quantitative estimate of drug-likeness (QED) is 0.270. The van der Waals surface area contributed by atoms with Crippen LogP contribution in [0.4, 0.5) is 0 Å². The molecule has 0 spiro atoms. The summed E-state index contributed by atoms with van der Waals surface area (Å²) in [5, 5.41) is 6.65. The maximum atomic E-state index is 5.62. The molecule has 0 bridgehead atoms. The van der Waals surface area contributed by atoms with Crippen molar-refractivity contribution in [3.8, 4) is 11.5 Å². The van der Waals surface area contributed by atoms with E-state index in [0.29, 0.717) is 12.4 Å². The summed E-state index contributed by atoms with van der Waals surface area (Å²) in [5.41, 5.74) is 5.24. The summed E-state index contributed by atoms with van der Waals surface area (Å²) in [4.78, 5) is 13.5. The van der Waals surface area contributed by atoms with E-state index in [1.165, 1.54) is 11.1 Å². The van der Waals surface area contributed by atoms with Gasteiger partial charge in [0.25, 0.3) is 0 Å². The van der Waals surface area contributed by atoms with Crippen LogP contribution in [0.3, 0.4) is 0 Å². The van der Waals surface area contributed by atoms with Gasteiger partial charge >= 0.3 is 0 Å². The molecule has 4 aromatic rings. The third-order valence-corrected chi connectivity index (χ3v) is 5.21. The summed E-state index contributed by atoms with van der Waals surface area (Å²) >= 11 is 0. The Bertz CT molecular complexity index is 1170. The number of hydrogen-bond acceptors (Lipinski definition) is 4. The van der Waals surface area contributed by atoms with Crippen molar-refractivity contribution >= 4 is 17.0 Å². The maximum Gasteiger partial charge on any atom is 0.226 e. The first kappa shape index (κ1) is 20.7. The summed E-state index contributed by atoms with van der Waals surface area (Å²) < 4.78 is 7.88. The number of nitrogens with zero attached hydrogens (tertiary/aromatic N) is 4. The standard InChI is InChI=1S/C24H28N6O/c1-17-9-11-19(12-10-17)23-29-20(16-31-23)15-27-24(25-3)26-13-6-14-30-18(2)28-21-7-4-5-8-22(21)30/h4-5,7-12,16H,6,13-15H2,1-3H3,(H2,25,26,27). The molecule has 31 heavy (non-hydrogen) atoms. The zero-order valence-corrected chi connectivity index (χ0v) is 18.2. The van der Waals surface area contributed by atoms with Crippen molar-refractivity contribution in [2.45, 2.75) is 33.4 Å². The lowest BCUT2D eigenvalue weighted by atomic mass is 10.1. The minimum absolute atomic E-state index is 0.542. The van der Waals surface area contributed by atoms with E-state index in [1.54, 1.807) is 13.3 Å². The van der Waals surface area contributed by atoms with Crippen molar-refractivity contribution in [2.75, 3.05) is 13.6 Å². The molecule has 7 nitrogen and oxygen atoms in total. The van der Waals surface area contributed by atoms with Gasteiger partial charge in [0.1, 0.15) is 12.1 Å². The number of para-hydroxylation sites is 2. The van der Waals surface area contributed by atoms with Crippen LogP contribution in [0.15, 0.2) is 64.2 Å². The molecule has 0 aliphatic heterocycles. The normalized spacial score (nSPS) is 11.8. The molecule has 0 aliphatic carbocycles. The van der Waals surface area contributed by atoms with E-state index in [1.807, 2.05) is 18.2 Å². The first-order valence-electron chi connectivity index (χ1n) is 10.5. The fraction of sp³-hybridized carbons (Fsp3) is 0.292. The zero-order valence-electron chi connectivity index (χ0n) is 18.2. The fourth-order valence-corrected chi connectivity index (χ4v) is 3.53. The van der Waals surface area contributed by atoms with Crippen LogP contribution >= 0.6 is 0 Å². The highest BCUT2D eigenvalue weighted by atomic mass is 16.3. The predicted molar refractivity (Wildman–Crippen MR) is 124 cm³/mol. The zero-order chi connectivity index (χ0) is 21.6. The van der Waals surface area contributed by atoms with Gasteiger partial charge in [-0.05, 0) is 44.5 Å². The first-order valence-corrected chi connectivity index (χ1v) is 10.5. The van der Waals surface area contributed by atoms with Crippen molar-refractivity contribution in [2.24, 2.45) is 4.99 Å². The van der Waals surface area contributed by atoms with Crippen LogP contribution < -0.4 is 10.6 Å². The van der Waals surface area contributed by atoms with Crippen LogP contribution in [0.5, 0.6) is 0 Å². The molecule has 0 fully saturated rings. The SMILES string of the molecule is CN=C(NCCCn1c(C)nc2ccccc21)NCc1coc(-c2ccc(C)cc2)n1. The van der Waals surface area contributed by atoms with Crippen molar-refractivity contribution in [3.63, 3.8) is 0 Å². The van der Waals surface area contributed by atoms with E-state index in [0.717, 1.165) is 48.1 Å². The van der Waals surface area contributed by atoms with Gasteiger partial charge in [-0.2, -0.15) is 0 Å². The number of hydrogen-bond donors (Lipinski definition) is 2. The van der Waals surface area contributed by atoms with Crippen molar-refractivity contribution in [1.82, 2.24) is 25.2 Å². The second-order valence-corrected chi connectivity index (χ2v) is 7.52. The van der Waals surface area contributed by atoms with Crippen LogP contribution in [0.1, 0.15) is 23.5 Å². The molecule has 4 rings (SSSR count). The fourth-order valence-electron chi connectivity index (χ4n) is 3.53. The van der Waals surface area contributed by atoms with E-state index < -0.39 is 0 Å². The highest BCUT2D eigenvalue weighted by molar-refractivity contribution is 5.79. The lowest BCUT2D eigenvalue weighted by Crippen LogP contribution is -2.37. The summed E-state index contributed by atoms with van der Waals surface area (Å²) in [6.45, 7) is 6.36. The van der Waals surface area contributed by atoms with Crippen molar-refractivity contribution in [1.29, 1.82) is 0 Å². The second-order valence-electron chi connectivity index (χ2n) is 7.52. The first-order chi connectivity index (χ1) is 15.1. The number of aliphatic imine (C=N–C) groups is 1. The average Bonchev–Trinajstić information content (AvgIpc) is 3.38. The van der Waals surface area contributed by atoms with Crippen LogP contribution in [0.25, 0.3) is 22.5 Å². The minimum atomic E-state index is 0.542. The number of fused-ring (bicyclic) bond motifs is 1. The molecule has 2 aromatic carbocycles. The highest BCUT2D eigenvalue weighted by Gasteiger charge is 2.08. The minimum Gasteiger partial charge on any atom is -0.444 e. The lowest BCUT2D eigenvalue weighted by molar-refractivity contribution is 0.572. The smallest absolute Gasteiger partial charge is 0.226 e. The third-order valence-electron chi connectivity index (χ3n) is 5.21. The van der Waals surface area contributed by atoms with Crippen LogP contribution in [-0.4, -0.2) is 34.1 Å². The molecule has 0 saturated heterocycles. The van der Waals surface area contributed by atoms with E-state index in [-0.39, 0.29) is 0 Å². The average molecular weight is 417 g/mol. The molecule has 2 heterocycles. The molecule has 160 valence electrons. The van der Waals surface area contributed by atoms with Crippen LogP contribution in [0, 0.1) is 13.8 Å². The van der Waals surface area contributed by atoms with Gasteiger partial charge < -0.3 is 19.6 Å². The maximum absolute atomic E-state index is 5.62. The molecule has 0 unspecified atom stereocenters. The molecule has 2 N–H and O–H groups in total. The summed E-state index contributed by atoms with van der Waals surface area (Å²) in [7, 11) is 1.77.